The molecule has 0 radical (unpaired) electrons. The second-order valence-electron chi connectivity index (χ2n) is 5.40. The summed E-state index contributed by atoms with van der Waals surface area (Å²) in [5.74, 6) is 0. The summed E-state index contributed by atoms with van der Waals surface area (Å²) in [6.07, 6.45) is 2.54. The van der Waals surface area contributed by atoms with Crippen molar-refractivity contribution in [1.29, 1.82) is 0 Å². The minimum atomic E-state index is 0.447. The zero-order valence-electron chi connectivity index (χ0n) is 11.5. The summed E-state index contributed by atoms with van der Waals surface area (Å²) < 4.78 is 0. The Morgan fingerprint density at radius 1 is 1.42 bits per heavy atom. The van der Waals surface area contributed by atoms with E-state index in [-0.39, 0.29) is 0 Å². The van der Waals surface area contributed by atoms with E-state index in [2.05, 4.69) is 29.0 Å². The van der Waals surface area contributed by atoms with Crippen molar-refractivity contribution in [2.24, 2.45) is 0 Å². The molecule has 0 aromatic carbocycles. The monoisotopic (exact) mass is 301 g/mol. The van der Waals surface area contributed by atoms with E-state index in [1.807, 2.05) is 6.07 Å². The molecule has 0 spiro atoms. The Kier molecular flexibility index (Phi) is 5.46. The molecule has 3 nitrogen and oxygen atoms in total. The van der Waals surface area contributed by atoms with Gasteiger partial charge in [-0.3, -0.25) is 4.90 Å². The third-order valence-electron chi connectivity index (χ3n) is 3.61. The first kappa shape index (κ1) is 15.0. The van der Waals surface area contributed by atoms with Crippen molar-refractivity contribution in [3.05, 3.63) is 28.0 Å². The molecule has 1 aromatic heterocycles. The number of hydrogen-bond acceptors (Lipinski definition) is 3. The highest BCUT2D eigenvalue weighted by Crippen LogP contribution is 2.20. The van der Waals surface area contributed by atoms with E-state index in [1.165, 1.54) is 12.8 Å². The summed E-state index contributed by atoms with van der Waals surface area (Å²) >= 11 is 12.0. The van der Waals surface area contributed by atoms with Crippen LogP contribution in [0.3, 0.4) is 0 Å². The topological polar surface area (TPSA) is 28.2 Å². The zero-order chi connectivity index (χ0) is 13.8. The second kappa shape index (κ2) is 6.89. The summed E-state index contributed by atoms with van der Waals surface area (Å²) in [4.78, 5) is 6.54. The molecule has 0 bridgehead atoms. The lowest BCUT2D eigenvalue weighted by atomic mass is 10.1. The van der Waals surface area contributed by atoms with Crippen LogP contribution in [0.2, 0.25) is 10.3 Å². The molecular formula is C14H21Cl2N3. The van der Waals surface area contributed by atoms with E-state index in [0.717, 1.165) is 25.2 Å². The lowest BCUT2D eigenvalue weighted by molar-refractivity contribution is 0.194. The van der Waals surface area contributed by atoms with Crippen LogP contribution >= 0.6 is 23.2 Å². The van der Waals surface area contributed by atoms with Crippen molar-refractivity contribution in [3.63, 3.8) is 0 Å². The molecule has 2 rings (SSSR count). The van der Waals surface area contributed by atoms with Crippen molar-refractivity contribution in [3.8, 4) is 0 Å². The van der Waals surface area contributed by atoms with Gasteiger partial charge in [0.15, 0.2) is 0 Å². The van der Waals surface area contributed by atoms with Crippen LogP contribution < -0.4 is 5.32 Å². The van der Waals surface area contributed by atoms with Crippen LogP contribution in [0.5, 0.6) is 0 Å². The standard InChI is InChI=1S/C14H21Cl2N3/c1-10(2)19(9-12-4-3-7-17-12)8-11-5-6-13(15)18-14(11)16/h5-6,10,12,17H,3-4,7-9H2,1-2H3. The van der Waals surface area contributed by atoms with Crippen molar-refractivity contribution in [2.45, 2.75) is 45.3 Å². The van der Waals surface area contributed by atoms with Gasteiger partial charge in [-0.05, 0) is 39.3 Å². The smallest absolute Gasteiger partial charge is 0.135 e. The van der Waals surface area contributed by atoms with Crippen LogP contribution in [0.1, 0.15) is 32.3 Å². The first-order valence-corrected chi connectivity index (χ1v) is 7.60. The van der Waals surface area contributed by atoms with Gasteiger partial charge in [0.2, 0.25) is 0 Å². The molecule has 1 atom stereocenters. The Morgan fingerprint density at radius 3 is 2.79 bits per heavy atom. The zero-order valence-corrected chi connectivity index (χ0v) is 13.0. The fourth-order valence-corrected chi connectivity index (χ4v) is 2.84. The number of hydrogen-bond donors (Lipinski definition) is 1. The molecule has 106 valence electrons. The number of aromatic nitrogens is 1. The first-order chi connectivity index (χ1) is 9.06. The first-order valence-electron chi connectivity index (χ1n) is 6.84. The minimum absolute atomic E-state index is 0.447. The van der Waals surface area contributed by atoms with Crippen LogP contribution in [0.4, 0.5) is 0 Å². The summed E-state index contributed by atoms with van der Waals surface area (Å²) in [6, 6.07) is 4.85. The maximum Gasteiger partial charge on any atom is 0.135 e. The molecule has 1 fully saturated rings. The Balaban J connectivity index is 2.02. The van der Waals surface area contributed by atoms with Crippen LogP contribution in [-0.4, -0.2) is 35.1 Å². The van der Waals surface area contributed by atoms with Crippen LogP contribution in [0.25, 0.3) is 0 Å². The summed E-state index contributed by atoms with van der Waals surface area (Å²) in [5.41, 5.74) is 1.04. The molecule has 5 heteroatoms. The lowest BCUT2D eigenvalue weighted by Gasteiger charge is -2.29. The summed E-state index contributed by atoms with van der Waals surface area (Å²) in [6.45, 7) is 7.44. The highest BCUT2D eigenvalue weighted by atomic mass is 35.5. The van der Waals surface area contributed by atoms with E-state index in [9.17, 15) is 0 Å². The molecular weight excluding hydrogens is 281 g/mol. The SMILES string of the molecule is CC(C)N(Cc1ccc(Cl)nc1Cl)CC1CCCN1. The van der Waals surface area contributed by atoms with Gasteiger partial charge in [-0.1, -0.05) is 29.3 Å². The van der Waals surface area contributed by atoms with E-state index in [1.54, 1.807) is 6.07 Å². The van der Waals surface area contributed by atoms with Gasteiger partial charge in [0.25, 0.3) is 0 Å². The third kappa shape index (κ3) is 4.32. The number of nitrogens with zero attached hydrogens (tertiary/aromatic N) is 2. The Labute approximate surface area is 125 Å². The minimum Gasteiger partial charge on any atom is -0.313 e. The molecule has 1 saturated heterocycles. The molecule has 2 heterocycles. The Bertz CT molecular complexity index is 417. The Morgan fingerprint density at radius 2 is 2.21 bits per heavy atom. The molecule has 19 heavy (non-hydrogen) atoms. The van der Waals surface area contributed by atoms with E-state index in [0.29, 0.717) is 22.4 Å². The van der Waals surface area contributed by atoms with Crippen molar-refractivity contribution >= 4 is 23.2 Å². The van der Waals surface area contributed by atoms with Crippen molar-refractivity contribution < 1.29 is 0 Å². The fourth-order valence-electron chi connectivity index (χ4n) is 2.43. The predicted octanol–water partition coefficient (Wildman–Crippen LogP) is 3.35. The van der Waals surface area contributed by atoms with Gasteiger partial charge in [-0.2, -0.15) is 0 Å². The van der Waals surface area contributed by atoms with E-state index >= 15 is 0 Å². The largest absolute Gasteiger partial charge is 0.313 e. The van der Waals surface area contributed by atoms with Gasteiger partial charge in [-0.15, -0.1) is 0 Å². The van der Waals surface area contributed by atoms with Gasteiger partial charge < -0.3 is 5.32 Å². The molecule has 1 aromatic rings. The van der Waals surface area contributed by atoms with Crippen molar-refractivity contribution in [2.75, 3.05) is 13.1 Å². The number of pyridine rings is 1. The number of halogens is 2. The lowest BCUT2D eigenvalue weighted by Crippen LogP contribution is -2.40. The third-order valence-corrected chi connectivity index (χ3v) is 4.15. The van der Waals surface area contributed by atoms with Crippen LogP contribution in [0.15, 0.2) is 12.1 Å². The van der Waals surface area contributed by atoms with E-state index < -0.39 is 0 Å². The second-order valence-corrected chi connectivity index (χ2v) is 6.15. The highest BCUT2D eigenvalue weighted by Gasteiger charge is 2.20. The Hall–Kier alpha value is -0.350. The molecule has 0 amide bonds. The van der Waals surface area contributed by atoms with Gasteiger partial charge >= 0.3 is 0 Å². The molecule has 1 unspecified atom stereocenters. The summed E-state index contributed by atoms with van der Waals surface area (Å²) in [5, 5.41) is 4.50. The molecule has 1 aliphatic heterocycles. The highest BCUT2D eigenvalue weighted by molar-refractivity contribution is 6.32. The van der Waals surface area contributed by atoms with Gasteiger partial charge in [0, 0.05) is 30.7 Å². The number of rotatable bonds is 5. The van der Waals surface area contributed by atoms with Crippen LogP contribution in [-0.2, 0) is 6.54 Å². The maximum absolute atomic E-state index is 6.16. The average molecular weight is 302 g/mol. The van der Waals surface area contributed by atoms with Gasteiger partial charge in [0.1, 0.15) is 10.3 Å². The van der Waals surface area contributed by atoms with Crippen molar-refractivity contribution in [1.82, 2.24) is 15.2 Å². The maximum atomic E-state index is 6.16. The molecule has 0 aliphatic carbocycles. The summed E-state index contributed by atoms with van der Waals surface area (Å²) in [7, 11) is 0. The fraction of sp³-hybridized carbons (Fsp3) is 0.643. The molecule has 0 saturated carbocycles. The average Bonchev–Trinajstić information content (AvgIpc) is 2.84. The van der Waals surface area contributed by atoms with Gasteiger partial charge in [-0.25, -0.2) is 4.98 Å². The predicted molar refractivity (Wildman–Crippen MR) is 80.8 cm³/mol. The molecule has 1 aliphatic rings. The quantitative estimate of drug-likeness (QED) is 0.846. The van der Waals surface area contributed by atoms with Crippen LogP contribution in [0, 0.1) is 0 Å². The number of nitrogens with one attached hydrogen (secondary N) is 1. The van der Waals surface area contributed by atoms with E-state index in [4.69, 9.17) is 23.2 Å². The molecule has 1 N–H and O–H groups in total. The normalized spacial score (nSPS) is 19.6. The van der Waals surface area contributed by atoms with Gasteiger partial charge in [0.05, 0.1) is 0 Å².